The number of nitrogens with one attached hydrogen (secondary N) is 1. The average Bonchev–Trinajstić information content (AvgIpc) is 3.11. The van der Waals surface area contributed by atoms with E-state index in [4.69, 9.17) is 0 Å². The topological polar surface area (TPSA) is 35.6 Å². The summed E-state index contributed by atoms with van der Waals surface area (Å²) in [6.45, 7) is 5.01. The summed E-state index contributed by atoms with van der Waals surface area (Å²) in [5.41, 5.74) is 3.99. The highest BCUT2D eigenvalue weighted by atomic mass is 19.1. The second-order valence-electron chi connectivity index (χ2n) is 7.04. The van der Waals surface area contributed by atoms with E-state index in [0.717, 1.165) is 29.9 Å². The number of hydrogen-bond acceptors (Lipinski definition) is 3. The molecule has 1 heterocycles. The average molecular weight is 355 g/mol. The first-order valence-corrected chi connectivity index (χ1v) is 9.10. The van der Waals surface area contributed by atoms with Crippen LogP contribution in [0.3, 0.4) is 0 Å². The Morgan fingerprint density at radius 1 is 1.19 bits per heavy atom. The molecular formula is C21H26FN3O. The third-order valence-electron chi connectivity index (χ3n) is 4.71. The van der Waals surface area contributed by atoms with Crippen molar-refractivity contribution in [2.24, 2.45) is 0 Å². The van der Waals surface area contributed by atoms with Crippen molar-refractivity contribution in [2.75, 3.05) is 36.9 Å². The number of carbonyl (C=O) groups is 1. The van der Waals surface area contributed by atoms with Gasteiger partial charge < -0.3 is 10.2 Å². The van der Waals surface area contributed by atoms with Gasteiger partial charge in [-0.25, -0.2) is 4.39 Å². The number of rotatable bonds is 6. The smallest absolute Gasteiger partial charge is 0.238 e. The van der Waals surface area contributed by atoms with Crippen LogP contribution in [-0.2, 0) is 11.3 Å². The molecular weight excluding hydrogens is 329 g/mol. The fourth-order valence-corrected chi connectivity index (χ4v) is 3.40. The highest BCUT2D eigenvalue weighted by Gasteiger charge is 2.14. The van der Waals surface area contributed by atoms with E-state index in [1.165, 1.54) is 30.7 Å². The minimum Gasteiger partial charge on any atom is -0.372 e. The van der Waals surface area contributed by atoms with Crippen molar-refractivity contribution in [1.82, 2.24) is 4.90 Å². The molecule has 5 heteroatoms. The van der Waals surface area contributed by atoms with Crippen LogP contribution in [-0.4, -0.2) is 37.5 Å². The molecule has 0 saturated carbocycles. The number of benzene rings is 2. The van der Waals surface area contributed by atoms with Gasteiger partial charge in [0.2, 0.25) is 5.91 Å². The van der Waals surface area contributed by atoms with Gasteiger partial charge in [-0.1, -0.05) is 12.1 Å². The normalized spacial score (nSPS) is 14.1. The lowest BCUT2D eigenvalue weighted by atomic mass is 10.1. The van der Waals surface area contributed by atoms with Crippen molar-refractivity contribution in [3.8, 4) is 0 Å². The predicted molar refractivity (Wildman–Crippen MR) is 104 cm³/mol. The van der Waals surface area contributed by atoms with Crippen molar-refractivity contribution in [2.45, 2.75) is 26.3 Å². The van der Waals surface area contributed by atoms with E-state index in [1.54, 1.807) is 6.07 Å². The maximum atomic E-state index is 13.3. The largest absolute Gasteiger partial charge is 0.372 e. The Kier molecular flexibility index (Phi) is 5.89. The molecule has 3 rings (SSSR count). The van der Waals surface area contributed by atoms with Crippen LogP contribution < -0.4 is 10.2 Å². The van der Waals surface area contributed by atoms with Crippen LogP contribution in [0.15, 0.2) is 42.5 Å². The van der Waals surface area contributed by atoms with Crippen LogP contribution in [0.5, 0.6) is 0 Å². The number of carbonyl (C=O) groups excluding carboxylic acids is 1. The van der Waals surface area contributed by atoms with Crippen molar-refractivity contribution in [1.29, 1.82) is 0 Å². The summed E-state index contributed by atoms with van der Waals surface area (Å²) in [7, 11) is 1.85. The van der Waals surface area contributed by atoms with Crippen LogP contribution in [0.2, 0.25) is 0 Å². The highest BCUT2D eigenvalue weighted by molar-refractivity contribution is 5.93. The second-order valence-corrected chi connectivity index (χ2v) is 7.04. The van der Waals surface area contributed by atoms with Crippen molar-refractivity contribution < 1.29 is 9.18 Å². The fourth-order valence-electron chi connectivity index (χ4n) is 3.40. The quantitative estimate of drug-likeness (QED) is 0.856. The molecule has 2 aromatic rings. The molecule has 1 aliphatic heterocycles. The van der Waals surface area contributed by atoms with Gasteiger partial charge in [0, 0.05) is 31.0 Å². The molecule has 26 heavy (non-hydrogen) atoms. The molecule has 1 aliphatic rings. The molecule has 2 aromatic carbocycles. The molecule has 0 radical (unpaired) electrons. The molecule has 0 atom stereocenters. The van der Waals surface area contributed by atoms with Gasteiger partial charge in [0.1, 0.15) is 5.82 Å². The number of nitrogens with zero attached hydrogens (tertiary/aromatic N) is 2. The Morgan fingerprint density at radius 3 is 2.65 bits per heavy atom. The van der Waals surface area contributed by atoms with Gasteiger partial charge >= 0.3 is 0 Å². The van der Waals surface area contributed by atoms with Crippen molar-refractivity contribution >= 4 is 17.3 Å². The molecule has 1 fully saturated rings. The molecule has 1 saturated heterocycles. The first-order valence-electron chi connectivity index (χ1n) is 9.10. The number of hydrogen-bond donors (Lipinski definition) is 1. The third-order valence-corrected chi connectivity index (χ3v) is 4.71. The lowest BCUT2D eigenvalue weighted by Crippen LogP contribution is -2.30. The Labute approximate surface area is 154 Å². The number of anilines is 2. The summed E-state index contributed by atoms with van der Waals surface area (Å²) in [5.74, 6) is -0.324. The van der Waals surface area contributed by atoms with Gasteiger partial charge in [0.15, 0.2) is 0 Å². The Bertz CT molecular complexity index is 772. The van der Waals surface area contributed by atoms with E-state index in [9.17, 15) is 9.18 Å². The molecule has 0 aliphatic carbocycles. The van der Waals surface area contributed by atoms with Crippen molar-refractivity contribution in [3.05, 3.63) is 59.4 Å². The standard InChI is InChI=1S/C21H26FN3O/c1-16-12-19(25-10-3-4-11-25)8-9-20(16)23-21(26)15-24(2)14-17-6-5-7-18(22)13-17/h5-9,12-13H,3-4,10-11,14-15H2,1-2H3,(H,23,26). The van der Waals surface area contributed by atoms with E-state index in [1.807, 2.05) is 31.0 Å². The molecule has 0 bridgehead atoms. The van der Waals surface area contributed by atoms with Gasteiger partial charge in [-0.2, -0.15) is 0 Å². The van der Waals surface area contributed by atoms with E-state index >= 15 is 0 Å². The van der Waals surface area contributed by atoms with Gasteiger partial charge in [-0.15, -0.1) is 0 Å². The SMILES string of the molecule is Cc1cc(N2CCCC2)ccc1NC(=O)CN(C)Cc1cccc(F)c1. The molecule has 0 aromatic heterocycles. The number of halogens is 1. The van der Waals surface area contributed by atoms with Crippen molar-refractivity contribution in [3.63, 3.8) is 0 Å². The summed E-state index contributed by atoms with van der Waals surface area (Å²) < 4.78 is 13.3. The Balaban J connectivity index is 1.55. The summed E-state index contributed by atoms with van der Waals surface area (Å²) in [5, 5.41) is 2.98. The van der Waals surface area contributed by atoms with E-state index < -0.39 is 0 Å². The molecule has 138 valence electrons. The molecule has 4 nitrogen and oxygen atoms in total. The van der Waals surface area contributed by atoms with Gasteiger partial charge in [0.25, 0.3) is 0 Å². The second kappa shape index (κ2) is 8.32. The number of likely N-dealkylation sites (N-methyl/N-ethyl adjacent to an activating group) is 1. The van der Waals surface area contributed by atoms with Gasteiger partial charge in [-0.05, 0) is 68.3 Å². The molecule has 0 unspecified atom stereocenters. The zero-order valence-electron chi connectivity index (χ0n) is 15.5. The maximum Gasteiger partial charge on any atom is 0.238 e. The molecule has 1 amide bonds. The summed E-state index contributed by atoms with van der Waals surface area (Å²) in [6, 6.07) is 12.7. The summed E-state index contributed by atoms with van der Waals surface area (Å²) >= 11 is 0. The Morgan fingerprint density at radius 2 is 1.96 bits per heavy atom. The predicted octanol–water partition coefficient (Wildman–Crippen LogP) is 3.80. The van der Waals surface area contributed by atoms with Crippen LogP contribution in [0.25, 0.3) is 0 Å². The van der Waals surface area contributed by atoms with Gasteiger partial charge in [-0.3, -0.25) is 9.69 Å². The lowest BCUT2D eigenvalue weighted by molar-refractivity contribution is -0.117. The monoisotopic (exact) mass is 355 g/mol. The first kappa shape index (κ1) is 18.4. The minimum atomic E-state index is -0.255. The minimum absolute atomic E-state index is 0.0686. The zero-order valence-corrected chi connectivity index (χ0v) is 15.5. The van der Waals surface area contributed by atoms with Crippen LogP contribution >= 0.6 is 0 Å². The molecule has 1 N–H and O–H groups in total. The summed E-state index contributed by atoms with van der Waals surface area (Å²) in [4.78, 5) is 16.6. The van der Waals surface area contributed by atoms with E-state index in [2.05, 4.69) is 22.3 Å². The van der Waals surface area contributed by atoms with Crippen LogP contribution in [0, 0.1) is 12.7 Å². The Hall–Kier alpha value is -2.40. The highest BCUT2D eigenvalue weighted by Crippen LogP contribution is 2.25. The third kappa shape index (κ3) is 4.82. The van der Waals surface area contributed by atoms with E-state index in [0.29, 0.717) is 6.54 Å². The number of aryl methyl sites for hydroxylation is 1. The number of amides is 1. The summed E-state index contributed by atoms with van der Waals surface area (Å²) in [6.07, 6.45) is 2.49. The fraction of sp³-hybridized carbons (Fsp3) is 0.381. The van der Waals surface area contributed by atoms with Gasteiger partial charge in [0.05, 0.1) is 6.54 Å². The first-order chi connectivity index (χ1) is 12.5. The van der Waals surface area contributed by atoms with Crippen LogP contribution in [0.4, 0.5) is 15.8 Å². The van der Waals surface area contributed by atoms with E-state index in [-0.39, 0.29) is 18.3 Å². The maximum absolute atomic E-state index is 13.3. The van der Waals surface area contributed by atoms with Crippen LogP contribution in [0.1, 0.15) is 24.0 Å². The zero-order chi connectivity index (χ0) is 18.5. The molecule has 0 spiro atoms. The lowest BCUT2D eigenvalue weighted by Gasteiger charge is -2.20.